The van der Waals surface area contributed by atoms with E-state index in [2.05, 4.69) is 4.98 Å². The number of hydrogen-bond donors (Lipinski definition) is 1. The third-order valence-electron chi connectivity index (χ3n) is 4.04. The van der Waals surface area contributed by atoms with Crippen LogP contribution in [0.5, 0.6) is 0 Å². The zero-order valence-electron chi connectivity index (χ0n) is 15.0. The van der Waals surface area contributed by atoms with Crippen LogP contribution in [0.1, 0.15) is 10.5 Å². The minimum atomic E-state index is -0.603. The summed E-state index contributed by atoms with van der Waals surface area (Å²) in [7, 11) is 1.63. The summed E-state index contributed by atoms with van der Waals surface area (Å²) in [5, 5.41) is 0.791. The number of nitrogens with zero attached hydrogens (tertiary/aromatic N) is 3. The van der Waals surface area contributed by atoms with Crippen LogP contribution in [0.2, 0.25) is 0 Å². The van der Waals surface area contributed by atoms with Crippen molar-refractivity contribution in [2.45, 2.75) is 11.7 Å². The lowest BCUT2D eigenvalue weighted by Crippen LogP contribution is -2.13. The van der Waals surface area contributed by atoms with Crippen molar-refractivity contribution >= 4 is 17.7 Å². The highest BCUT2D eigenvalue weighted by Crippen LogP contribution is 2.35. The molecule has 0 bridgehead atoms. The number of imidazole rings is 1. The van der Waals surface area contributed by atoms with E-state index in [1.165, 1.54) is 30.1 Å². The number of methoxy groups -OCH3 is 1. The van der Waals surface area contributed by atoms with E-state index >= 15 is 0 Å². The fourth-order valence-electron chi connectivity index (χ4n) is 2.79. The lowest BCUT2D eigenvalue weighted by atomic mass is 10.0. The van der Waals surface area contributed by atoms with Crippen molar-refractivity contribution in [2.75, 3.05) is 20.0 Å². The quantitative estimate of drug-likeness (QED) is 0.631. The van der Waals surface area contributed by atoms with E-state index in [0.717, 1.165) is 22.0 Å². The molecule has 1 aromatic carbocycles. The van der Waals surface area contributed by atoms with Crippen molar-refractivity contribution in [1.29, 1.82) is 0 Å². The average Bonchev–Trinajstić information content (AvgIpc) is 3.05. The van der Waals surface area contributed by atoms with Gasteiger partial charge in [-0.1, -0.05) is 11.8 Å². The summed E-state index contributed by atoms with van der Waals surface area (Å²) in [4.78, 5) is 20.3. The van der Waals surface area contributed by atoms with Gasteiger partial charge in [-0.25, -0.2) is 9.37 Å². The lowest BCUT2D eigenvalue weighted by Gasteiger charge is -2.12. The number of amides is 1. The van der Waals surface area contributed by atoms with Gasteiger partial charge < -0.3 is 15.0 Å². The predicted molar refractivity (Wildman–Crippen MR) is 103 cm³/mol. The van der Waals surface area contributed by atoms with Crippen molar-refractivity contribution < 1.29 is 13.9 Å². The molecule has 0 aliphatic carbocycles. The van der Waals surface area contributed by atoms with Gasteiger partial charge in [-0.2, -0.15) is 0 Å². The van der Waals surface area contributed by atoms with Gasteiger partial charge in [0.1, 0.15) is 11.5 Å². The van der Waals surface area contributed by atoms with Gasteiger partial charge in [0.05, 0.1) is 18.0 Å². The van der Waals surface area contributed by atoms with E-state index in [4.69, 9.17) is 15.5 Å². The van der Waals surface area contributed by atoms with Crippen LogP contribution in [0.15, 0.2) is 47.8 Å². The summed E-state index contributed by atoms with van der Waals surface area (Å²) >= 11 is 1.50. The molecule has 140 valence electrons. The first-order valence-corrected chi connectivity index (χ1v) is 9.43. The Morgan fingerprint density at radius 1 is 1.26 bits per heavy atom. The third kappa shape index (κ3) is 4.01. The van der Waals surface area contributed by atoms with Crippen molar-refractivity contribution in [3.8, 4) is 22.5 Å². The number of rotatable bonds is 7. The Balaban J connectivity index is 2.24. The van der Waals surface area contributed by atoms with Gasteiger partial charge in [-0.3, -0.25) is 9.78 Å². The van der Waals surface area contributed by atoms with Crippen molar-refractivity contribution in [2.24, 2.45) is 5.73 Å². The highest BCUT2D eigenvalue weighted by atomic mass is 32.2. The number of nitrogens with two attached hydrogens (primary N) is 1. The number of primary amides is 1. The van der Waals surface area contributed by atoms with Gasteiger partial charge >= 0.3 is 0 Å². The first kappa shape index (κ1) is 19.1. The first-order valence-electron chi connectivity index (χ1n) is 8.20. The zero-order valence-corrected chi connectivity index (χ0v) is 15.8. The van der Waals surface area contributed by atoms with Gasteiger partial charge in [0.15, 0.2) is 5.16 Å². The third-order valence-corrected chi connectivity index (χ3v) is 4.71. The fraction of sp³-hybridized carbons (Fsp3) is 0.211. The maximum Gasteiger partial charge on any atom is 0.267 e. The summed E-state index contributed by atoms with van der Waals surface area (Å²) in [5.74, 6) is -0.919. The molecule has 0 fully saturated rings. The van der Waals surface area contributed by atoms with Crippen LogP contribution in [0.4, 0.5) is 4.39 Å². The molecule has 0 unspecified atom stereocenters. The van der Waals surface area contributed by atoms with Gasteiger partial charge in [0, 0.05) is 31.0 Å². The van der Waals surface area contributed by atoms with Crippen LogP contribution >= 0.6 is 11.8 Å². The Labute approximate surface area is 160 Å². The maximum atomic E-state index is 13.4. The standard InChI is InChI=1S/C19H19FN4O2S/c1-26-10-9-24-17(13-7-8-22-15(11-13)18(21)25)16(23-19(24)27-2)12-3-5-14(20)6-4-12/h3-8,11H,9-10H2,1-2H3,(H2,21,25). The molecule has 2 heterocycles. The largest absolute Gasteiger partial charge is 0.383 e. The molecule has 3 aromatic rings. The molecule has 0 aliphatic rings. The Kier molecular flexibility index (Phi) is 5.88. The summed E-state index contributed by atoms with van der Waals surface area (Å²) in [5.41, 5.74) is 8.57. The summed E-state index contributed by atoms with van der Waals surface area (Å²) in [6, 6.07) is 9.59. The molecule has 0 saturated carbocycles. The molecule has 2 N–H and O–H groups in total. The number of halogens is 1. The molecule has 1 amide bonds. The molecule has 27 heavy (non-hydrogen) atoms. The number of carbonyl (C=O) groups excluding carboxylic acids is 1. The second-order valence-corrected chi connectivity index (χ2v) is 6.51. The van der Waals surface area contributed by atoms with E-state index in [1.807, 2.05) is 10.8 Å². The van der Waals surface area contributed by atoms with Crippen molar-refractivity contribution in [3.05, 3.63) is 54.1 Å². The van der Waals surface area contributed by atoms with Crippen LogP contribution in [0, 0.1) is 5.82 Å². The number of ether oxygens (including phenoxy) is 1. The molecule has 8 heteroatoms. The normalized spacial score (nSPS) is 10.9. The van der Waals surface area contributed by atoms with Crippen LogP contribution in [0.25, 0.3) is 22.5 Å². The molecule has 0 saturated heterocycles. The zero-order chi connectivity index (χ0) is 19.4. The monoisotopic (exact) mass is 386 g/mol. The Bertz CT molecular complexity index is 957. The highest BCUT2D eigenvalue weighted by Gasteiger charge is 2.20. The maximum absolute atomic E-state index is 13.4. The van der Waals surface area contributed by atoms with Crippen molar-refractivity contribution in [1.82, 2.24) is 14.5 Å². The molecule has 2 aromatic heterocycles. The minimum Gasteiger partial charge on any atom is -0.383 e. The van der Waals surface area contributed by atoms with Crippen LogP contribution in [-0.2, 0) is 11.3 Å². The molecule has 0 atom stereocenters. The summed E-state index contributed by atoms with van der Waals surface area (Å²) < 4.78 is 20.6. The SMILES string of the molecule is COCCn1c(SC)nc(-c2ccc(F)cc2)c1-c1ccnc(C(N)=O)c1. The van der Waals surface area contributed by atoms with E-state index in [9.17, 15) is 9.18 Å². The van der Waals surface area contributed by atoms with E-state index < -0.39 is 5.91 Å². The van der Waals surface area contributed by atoms with E-state index in [0.29, 0.717) is 18.8 Å². The van der Waals surface area contributed by atoms with E-state index in [-0.39, 0.29) is 11.5 Å². The van der Waals surface area contributed by atoms with E-state index in [1.54, 1.807) is 31.4 Å². The summed E-state index contributed by atoms with van der Waals surface area (Å²) in [6.45, 7) is 1.07. The van der Waals surface area contributed by atoms with Gasteiger partial charge in [-0.15, -0.1) is 0 Å². The number of carbonyl (C=O) groups is 1. The lowest BCUT2D eigenvalue weighted by molar-refractivity contribution is 0.0995. The predicted octanol–water partition coefficient (Wildman–Crippen LogP) is 3.22. The minimum absolute atomic E-state index is 0.169. The van der Waals surface area contributed by atoms with Crippen LogP contribution in [0.3, 0.4) is 0 Å². The van der Waals surface area contributed by atoms with Crippen molar-refractivity contribution in [3.63, 3.8) is 0 Å². The van der Waals surface area contributed by atoms with Crippen LogP contribution < -0.4 is 5.73 Å². The molecule has 0 radical (unpaired) electrons. The Morgan fingerprint density at radius 3 is 2.63 bits per heavy atom. The molecule has 0 aliphatic heterocycles. The molecule has 3 rings (SSSR count). The van der Waals surface area contributed by atoms with Crippen LogP contribution in [-0.4, -0.2) is 40.4 Å². The van der Waals surface area contributed by atoms with Gasteiger partial charge in [0.2, 0.25) is 0 Å². The second-order valence-electron chi connectivity index (χ2n) is 5.74. The topological polar surface area (TPSA) is 83.0 Å². The number of thioether (sulfide) groups is 1. The Morgan fingerprint density at radius 2 is 2.00 bits per heavy atom. The Hall–Kier alpha value is -2.71. The van der Waals surface area contributed by atoms with Gasteiger partial charge in [-0.05, 0) is 42.7 Å². The fourth-order valence-corrected chi connectivity index (χ4v) is 3.38. The van der Waals surface area contributed by atoms with Gasteiger partial charge in [0.25, 0.3) is 5.91 Å². The molecular weight excluding hydrogens is 367 g/mol. The second kappa shape index (κ2) is 8.32. The molecule has 0 spiro atoms. The number of hydrogen-bond acceptors (Lipinski definition) is 5. The molecular formula is C19H19FN4O2S. The number of benzene rings is 1. The highest BCUT2D eigenvalue weighted by molar-refractivity contribution is 7.98. The summed E-state index contributed by atoms with van der Waals surface area (Å²) in [6.07, 6.45) is 3.47. The number of aromatic nitrogens is 3. The molecule has 6 nitrogen and oxygen atoms in total. The first-order chi connectivity index (χ1) is 13.0. The number of pyridine rings is 1. The average molecular weight is 386 g/mol. The smallest absolute Gasteiger partial charge is 0.267 e.